The zero-order valence-corrected chi connectivity index (χ0v) is 15.4. The van der Waals surface area contributed by atoms with Crippen LogP contribution in [-0.2, 0) is 4.74 Å². The number of ether oxygens (including phenoxy) is 1. The van der Waals surface area contributed by atoms with Gasteiger partial charge in [-0.15, -0.1) is 11.3 Å². The van der Waals surface area contributed by atoms with Crippen LogP contribution in [0.1, 0.15) is 32.5 Å². The quantitative estimate of drug-likeness (QED) is 0.636. The first-order chi connectivity index (χ1) is 12.6. The molecule has 1 aromatic heterocycles. The predicted octanol–water partition coefficient (Wildman–Crippen LogP) is 5.15. The molecule has 3 aromatic rings. The van der Waals surface area contributed by atoms with E-state index in [1.54, 1.807) is 25.1 Å². The van der Waals surface area contributed by atoms with E-state index in [9.17, 15) is 9.59 Å². The summed E-state index contributed by atoms with van der Waals surface area (Å²) >= 11 is 1.22. The van der Waals surface area contributed by atoms with Crippen LogP contribution in [0, 0.1) is 6.92 Å². The monoisotopic (exact) mass is 365 g/mol. The lowest BCUT2D eigenvalue weighted by Gasteiger charge is -2.05. The number of carbonyl (C=O) groups excluding carboxylic acids is 2. The molecule has 0 aliphatic heterocycles. The maximum absolute atomic E-state index is 12.5. The van der Waals surface area contributed by atoms with E-state index in [2.05, 4.69) is 5.32 Å². The van der Waals surface area contributed by atoms with E-state index in [0.717, 1.165) is 16.7 Å². The molecule has 1 N–H and O–H groups in total. The van der Waals surface area contributed by atoms with Crippen molar-refractivity contribution in [1.82, 2.24) is 0 Å². The fourth-order valence-corrected chi connectivity index (χ4v) is 3.53. The number of esters is 1. The Morgan fingerprint density at radius 2 is 1.65 bits per heavy atom. The topological polar surface area (TPSA) is 55.4 Å². The first kappa shape index (κ1) is 17.9. The fraction of sp³-hybridized carbons (Fsp3) is 0.143. The highest BCUT2D eigenvalue weighted by atomic mass is 32.1. The number of aryl methyl sites for hydroxylation is 1. The average molecular weight is 365 g/mol. The Morgan fingerprint density at radius 3 is 2.31 bits per heavy atom. The first-order valence-electron chi connectivity index (χ1n) is 8.33. The minimum atomic E-state index is -0.359. The number of benzene rings is 2. The number of thiophene rings is 1. The molecule has 0 unspecified atom stereocenters. The number of amides is 1. The van der Waals surface area contributed by atoms with Crippen LogP contribution in [0.4, 0.5) is 5.00 Å². The molecule has 0 bridgehead atoms. The van der Waals surface area contributed by atoms with Gasteiger partial charge in [-0.3, -0.25) is 4.79 Å². The maximum atomic E-state index is 12.5. The summed E-state index contributed by atoms with van der Waals surface area (Å²) in [6, 6.07) is 19.2. The maximum Gasteiger partial charge on any atom is 0.348 e. The van der Waals surface area contributed by atoms with E-state index in [4.69, 9.17) is 4.74 Å². The Hall–Kier alpha value is -2.92. The summed E-state index contributed by atoms with van der Waals surface area (Å²) in [7, 11) is 0. The molecule has 3 rings (SSSR count). The van der Waals surface area contributed by atoms with Crippen LogP contribution in [0.25, 0.3) is 11.1 Å². The Morgan fingerprint density at radius 1 is 1.00 bits per heavy atom. The van der Waals surface area contributed by atoms with Crippen molar-refractivity contribution in [3.8, 4) is 11.1 Å². The fourth-order valence-electron chi connectivity index (χ4n) is 2.57. The van der Waals surface area contributed by atoms with Gasteiger partial charge in [-0.1, -0.05) is 42.5 Å². The highest BCUT2D eigenvalue weighted by Gasteiger charge is 2.16. The van der Waals surface area contributed by atoms with Gasteiger partial charge in [0.2, 0.25) is 0 Å². The average Bonchev–Trinajstić information content (AvgIpc) is 3.03. The Labute approximate surface area is 156 Å². The van der Waals surface area contributed by atoms with Gasteiger partial charge in [0.1, 0.15) is 4.88 Å². The molecule has 0 radical (unpaired) electrons. The van der Waals surface area contributed by atoms with Crippen LogP contribution in [0.2, 0.25) is 0 Å². The van der Waals surface area contributed by atoms with Crippen molar-refractivity contribution in [3.63, 3.8) is 0 Å². The van der Waals surface area contributed by atoms with E-state index in [-0.39, 0.29) is 11.9 Å². The third kappa shape index (κ3) is 4.00. The van der Waals surface area contributed by atoms with Crippen LogP contribution in [0.15, 0.2) is 60.7 Å². The molecule has 0 aliphatic carbocycles. The van der Waals surface area contributed by atoms with Crippen LogP contribution in [0.3, 0.4) is 0 Å². The molecule has 0 saturated heterocycles. The van der Waals surface area contributed by atoms with Gasteiger partial charge >= 0.3 is 5.97 Å². The summed E-state index contributed by atoms with van der Waals surface area (Å²) in [6.45, 7) is 3.92. The second kappa shape index (κ2) is 7.97. The van der Waals surface area contributed by atoms with E-state index >= 15 is 0 Å². The number of rotatable bonds is 5. The molecular formula is C21H19NO3S. The Kier molecular flexibility index (Phi) is 5.49. The summed E-state index contributed by atoms with van der Waals surface area (Å²) in [6.07, 6.45) is 0. The molecule has 2 aromatic carbocycles. The van der Waals surface area contributed by atoms with E-state index in [1.165, 1.54) is 11.3 Å². The molecular weight excluding hydrogens is 346 g/mol. The SMILES string of the molecule is CCOC(=O)c1sc(NC(=O)c2ccc(-c3ccccc3)cc2)cc1C. The standard InChI is InChI=1S/C21H19NO3S/c1-3-25-21(24)19-14(2)13-18(26-19)22-20(23)17-11-9-16(10-12-17)15-7-5-4-6-8-15/h4-13H,3H2,1-2H3,(H,22,23). The van der Waals surface area contributed by atoms with Gasteiger partial charge in [0.15, 0.2) is 0 Å². The van der Waals surface area contributed by atoms with Crippen molar-refractivity contribution >= 4 is 28.2 Å². The molecule has 132 valence electrons. The van der Waals surface area contributed by atoms with Crippen molar-refractivity contribution in [2.75, 3.05) is 11.9 Å². The minimum Gasteiger partial charge on any atom is -0.462 e. The van der Waals surface area contributed by atoms with Gasteiger partial charge in [-0.25, -0.2) is 4.79 Å². The van der Waals surface area contributed by atoms with Gasteiger partial charge in [0, 0.05) is 5.56 Å². The van der Waals surface area contributed by atoms with Crippen molar-refractivity contribution in [1.29, 1.82) is 0 Å². The third-order valence-electron chi connectivity index (χ3n) is 3.87. The summed E-state index contributed by atoms with van der Waals surface area (Å²) in [4.78, 5) is 24.9. The van der Waals surface area contributed by atoms with Gasteiger partial charge in [-0.05, 0) is 48.7 Å². The highest BCUT2D eigenvalue weighted by Crippen LogP contribution is 2.28. The molecule has 26 heavy (non-hydrogen) atoms. The molecule has 4 nitrogen and oxygen atoms in total. The van der Waals surface area contributed by atoms with Crippen molar-refractivity contribution in [2.24, 2.45) is 0 Å². The first-order valence-corrected chi connectivity index (χ1v) is 9.14. The second-order valence-corrected chi connectivity index (χ2v) is 6.79. The second-order valence-electron chi connectivity index (χ2n) is 5.74. The summed E-state index contributed by atoms with van der Waals surface area (Å²) in [5.41, 5.74) is 3.52. The van der Waals surface area contributed by atoms with Crippen LogP contribution in [0.5, 0.6) is 0 Å². The number of carbonyl (C=O) groups is 2. The Balaban J connectivity index is 1.72. The largest absolute Gasteiger partial charge is 0.462 e. The number of hydrogen-bond donors (Lipinski definition) is 1. The van der Waals surface area contributed by atoms with Gasteiger partial charge in [0.05, 0.1) is 11.6 Å². The zero-order chi connectivity index (χ0) is 18.5. The number of nitrogens with one attached hydrogen (secondary N) is 1. The van der Waals surface area contributed by atoms with Crippen LogP contribution >= 0.6 is 11.3 Å². The molecule has 0 spiro atoms. The van der Waals surface area contributed by atoms with Crippen LogP contribution < -0.4 is 5.32 Å². The Bertz CT molecular complexity index is 914. The summed E-state index contributed by atoms with van der Waals surface area (Å²) in [5.74, 6) is -0.566. The van der Waals surface area contributed by atoms with E-state index in [1.807, 2.05) is 49.4 Å². The normalized spacial score (nSPS) is 10.4. The smallest absolute Gasteiger partial charge is 0.348 e. The lowest BCUT2D eigenvalue weighted by molar-refractivity contribution is 0.0531. The van der Waals surface area contributed by atoms with Crippen molar-refractivity contribution < 1.29 is 14.3 Å². The van der Waals surface area contributed by atoms with Crippen molar-refractivity contribution in [3.05, 3.63) is 76.7 Å². The van der Waals surface area contributed by atoms with E-state index in [0.29, 0.717) is 22.0 Å². The zero-order valence-electron chi connectivity index (χ0n) is 14.6. The summed E-state index contributed by atoms with van der Waals surface area (Å²) in [5, 5.41) is 3.47. The predicted molar refractivity (Wildman–Crippen MR) is 105 cm³/mol. The number of anilines is 1. The third-order valence-corrected chi connectivity index (χ3v) is 5.00. The highest BCUT2D eigenvalue weighted by molar-refractivity contribution is 7.18. The molecule has 0 aliphatic rings. The number of hydrogen-bond acceptors (Lipinski definition) is 4. The molecule has 1 amide bonds. The lowest BCUT2D eigenvalue weighted by atomic mass is 10.0. The van der Waals surface area contributed by atoms with E-state index < -0.39 is 0 Å². The molecule has 0 atom stereocenters. The molecule has 0 fully saturated rings. The minimum absolute atomic E-state index is 0.207. The molecule has 5 heteroatoms. The molecule has 1 heterocycles. The van der Waals surface area contributed by atoms with Gasteiger partial charge in [-0.2, -0.15) is 0 Å². The van der Waals surface area contributed by atoms with Gasteiger partial charge in [0.25, 0.3) is 5.91 Å². The van der Waals surface area contributed by atoms with Crippen molar-refractivity contribution in [2.45, 2.75) is 13.8 Å². The molecule has 0 saturated carbocycles. The summed E-state index contributed by atoms with van der Waals surface area (Å²) < 4.78 is 5.03. The van der Waals surface area contributed by atoms with Gasteiger partial charge < -0.3 is 10.1 Å². The van der Waals surface area contributed by atoms with Crippen LogP contribution in [-0.4, -0.2) is 18.5 Å². The lowest BCUT2D eigenvalue weighted by Crippen LogP contribution is -2.10.